The van der Waals surface area contributed by atoms with Crippen molar-refractivity contribution in [2.75, 3.05) is 11.1 Å². The minimum Gasteiger partial charge on any atom is -0.477 e. The van der Waals surface area contributed by atoms with Crippen molar-refractivity contribution in [3.05, 3.63) is 11.1 Å². The predicted molar refractivity (Wildman–Crippen MR) is 63.0 cm³/mol. The molecular weight excluding hydrogens is 232 g/mol. The van der Waals surface area contributed by atoms with Gasteiger partial charge in [0.1, 0.15) is 4.88 Å². The minimum atomic E-state index is -0.908. The highest BCUT2D eigenvalue weighted by molar-refractivity contribution is 8.00. The van der Waals surface area contributed by atoms with Crippen LogP contribution in [0.1, 0.15) is 23.0 Å². The van der Waals surface area contributed by atoms with Gasteiger partial charge < -0.3 is 10.4 Å². The minimum absolute atomic E-state index is 0.288. The van der Waals surface area contributed by atoms with Gasteiger partial charge in [-0.2, -0.15) is 11.8 Å². The van der Waals surface area contributed by atoms with E-state index in [1.807, 2.05) is 11.8 Å². The van der Waals surface area contributed by atoms with Crippen LogP contribution in [0.5, 0.6) is 0 Å². The Balaban J connectivity index is 2.01. The van der Waals surface area contributed by atoms with Crippen molar-refractivity contribution in [2.45, 2.75) is 24.6 Å². The van der Waals surface area contributed by atoms with Crippen molar-refractivity contribution < 1.29 is 9.90 Å². The second-order valence-electron chi connectivity index (χ2n) is 3.45. The molecular formula is C9H12N2O2S2. The third kappa shape index (κ3) is 2.43. The van der Waals surface area contributed by atoms with E-state index in [9.17, 15) is 4.79 Å². The van der Waals surface area contributed by atoms with Crippen molar-refractivity contribution in [2.24, 2.45) is 0 Å². The average Bonchev–Trinajstić information content (AvgIpc) is 2.77. The number of thiazole rings is 1. The lowest BCUT2D eigenvalue weighted by molar-refractivity contribution is 0.0702. The number of carboxylic acids is 1. The molecule has 0 bridgehead atoms. The second-order valence-corrected chi connectivity index (χ2v) is 5.97. The van der Waals surface area contributed by atoms with Crippen LogP contribution < -0.4 is 5.32 Å². The fourth-order valence-corrected chi connectivity index (χ4v) is 3.43. The van der Waals surface area contributed by atoms with Crippen LogP contribution in [0.15, 0.2) is 6.20 Å². The van der Waals surface area contributed by atoms with E-state index in [2.05, 4.69) is 17.2 Å². The molecule has 15 heavy (non-hydrogen) atoms. The van der Waals surface area contributed by atoms with Crippen LogP contribution in [0.25, 0.3) is 0 Å². The Morgan fingerprint density at radius 2 is 2.53 bits per heavy atom. The Labute approximate surface area is 96.1 Å². The highest BCUT2D eigenvalue weighted by Gasteiger charge is 2.24. The summed E-state index contributed by atoms with van der Waals surface area (Å²) < 4.78 is 0. The second kappa shape index (κ2) is 4.40. The molecule has 1 saturated heterocycles. The number of carboxylic acid groups (broad SMARTS) is 1. The Kier molecular flexibility index (Phi) is 3.16. The van der Waals surface area contributed by atoms with Crippen LogP contribution in [-0.2, 0) is 0 Å². The van der Waals surface area contributed by atoms with Crippen LogP contribution in [0.4, 0.5) is 5.13 Å². The maximum absolute atomic E-state index is 10.7. The molecule has 2 N–H and O–H groups in total. The zero-order valence-electron chi connectivity index (χ0n) is 8.27. The predicted octanol–water partition coefficient (Wildman–Crippen LogP) is 2.15. The van der Waals surface area contributed by atoms with Crippen molar-refractivity contribution >= 4 is 34.2 Å². The van der Waals surface area contributed by atoms with Gasteiger partial charge in [-0.25, -0.2) is 9.78 Å². The summed E-state index contributed by atoms with van der Waals surface area (Å²) in [5.74, 6) is 0.255. The molecule has 4 nitrogen and oxygen atoms in total. The number of carbonyl (C=O) groups is 1. The summed E-state index contributed by atoms with van der Waals surface area (Å²) in [5, 5.41) is 13.3. The molecule has 1 aliphatic rings. The lowest BCUT2D eigenvalue weighted by atomic mass is 10.2. The molecule has 6 heteroatoms. The number of nitrogens with one attached hydrogen (secondary N) is 1. The zero-order valence-corrected chi connectivity index (χ0v) is 9.90. The van der Waals surface area contributed by atoms with E-state index in [-0.39, 0.29) is 4.88 Å². The third-order valence-electron chi connectivity index (χ3n) is 2.40. The maximum atomic E-state index is 10.7. The number of hydrogen-bond acceptors (Lipinski definition) is 5. The first kappa shape index (κ1) is 10.8. The van der Waals surface area contributed by atoms with Crippen LogP contribution >= 0.6 is 23.1 Å². The van der Waals surface area contributed by atoms with Gasteiger partial charge in [0.05, 0.1) is 6.20 Å². The lowest BCUT2D eigenvalue weighted by Gasteiger charge is -2.14. The largest absolute Gasteiger partial charge is 0.477 e. The number of nitrogens with zero attached hydrogens (tertiary/aromatic N) is 1. The van der Waals surface area contributed by atoms with Gasteiger partial charge in [0.2, 0.25) is 0 Å². The quantitative estimate of drug-likeness (QED) is 0.853. The molecule has 1 aliphatic heterocycles. The van der Waals surface area contributed by atoms with Crippen molar-refractivity contribution in [3.63, 3.8) is 0 Å². The first-order valence-corrected chi connectivity index (χ1v) is 6.60. The molecule has 1 aromatic heterocycles. The number of rotatable bonds is 3. The normalized spacial score (nSPS) is 25.4. The summed E-state index contributed by atoms with van der Waals surface area (Å²) in [6.07, 6.45) is 2.52. The SMILES string of the molecule is CC1SCCC1Nc1ncc(C(=O)O)s1. The third-order valence-corrected chi connectivity index (χ3v) is 4.64. The molecule has 82 valence electrons. The lowest BCUT2D eigenvalue weighted by Crippen LogP contribution is -2.24. The zero-order chi connectivity index (χ0) is 10.8. The maximum Gasteiger partial charge on any atom is 0.347 e. The van der Waals surface area contributed by atoms with E-state index in [1.54, 1.807) is 0 Å². The molecule has 0 aliphatic carbocycles. The molecule has 2 heterocycles. The van der Waals surface area contributed by atoms with Gasteiger partial charge >= 0.3 is 5.97 Å². The highest BCUT2D eigenvalue weighted by Crippen LogP contribution is 2.30. The van der Waals surface area contributed by atoms with Gasteiger partial charge in [0.25, 0.3) is 0 Å². The summed E-state index contributed by atoms with van der Waals surface area (Å²) in [5.41, 5.74) is 0. The molecule has 1 fully saturated rings. The number of hydrogen-bond donors (Lipinski definition) is 2. The van der Waals surface area contributed by atoms with E-state index in [0.717, 1.165) is 12.2 Å². The molecule has 1 aromatic rings. The molecule has 0 spiro atoms. The van der Waals surface area contributed by atoms with Crippen molar-refractivity contribution in [3.8, 4) is 0 Å². The van der Waals surface area contributed by atoms with E-state index < -0.39 is 5.97 Å². The summed E-state index contributed by atoms with van der Waals surface area (Å²) >= 11 is 3.13. The van der Waals surface area contributed by atoms with Gasteiger partial charge in [-0.3, -0.25) is 0 Å². The van der Waals surface area contributed by atoms with Crippen LogP contribution in [0.3, 0.4) is 0 Å². The van der Waals surface area contributed by atoms with Gasteiger partial charge in [-0.15, -0.1) is 0 Å². The van der Waals surface area contributed by atoms with E-state index in [0.29, 0.717) is 16.4 Å². The van der Waals surface area contributed by atoms with Crippen LogP contribution in [0, 0.1) is 0 Å². The first-order chi connectivity index (χ1) is 7.16. The topological polar surface area (TPSA) is 62.2 Å². The first-order valence-electron chi connectivity index (χ1n) is 4.74. The molecule has 2 rings (SSSR count). The Morgan fingerprint density at radius 1 is 1.73 bits per heavy atom. The smallest absolute Gasteiger partial charge is 0.347 e. The number of aromatic carboxylic acids is 1. The van der Waals surface area contributed by atoms with E-state index >= 15 is 0 Å². The van der Waals surface area contributed by atoms with E-state index in [4.69, 9.17) is 5.11 Å². The molecule has 2 unspecified atom stereocenters. The van der Waals surface area contributed by atoms with Crippen LogP contribution in [-0.4, -0.2) is 33.1 Å². The Morgan fingerprint density at radius 3 is 3.07 bits per heavy atom. The molecule has 0 aromatic carbocycles. The molecule has 2 atom stereocenters. The van der Waals surface area contributed by atoms with Crippen LogP contribution in [0.2, 0.25) is 0 Å². The molecule has 0 radical (unpaired) electrons. The van der Waals surface area contributed by atoms with Crippen molar-refractivity contribution in [1.29, 1.82) is 0 Å². The number of anilines is 1. The highest BCUT2D eigenvalue weighted by atomic mass is 32.2. The average molecular weight is 244 g/mol. The molecule has 0 amide bonds. The van der Waals surface area contributed by atoms with Gasteiger partial charge in [0.15, 0.2) is 5.13 Å². The Hall–Kier alpha value is -0.750. The van der Waals surface area contributed by atoms with E-state index in [1.165, 1.54) is 17.5 Å². The summed E-state index contributed by atoms with van der Waals surface area (Å²) in [6.45, 7) is 2.18. The summed E-state index contributed by atoms with van der Waals surface area (Å²) in [7, 11) is 0. The van der Waals surface area contributed by atoms with Gasteiger partial charge in [0, 0.05) is 11.3 Å². The Bertz CT molecular complexity index is 367. The fourth-order valence-electron chi connectivity index (χ4n) is 1.52. The number of aromatic nitrogens is 1. The standard InChI is InChI=1S/C9H12N2O2S2/c1-5-6(2-3-14-5)11-9-10-4-7(15-9)8(12)13/h4-6H,2-3H2,1H3,(H,10,11)(H,12,13). The summed E-state index contributed by atoms with van der Waals surface area (Å²) in [6, 6.07) is 0.419. The van der Waals surface area contributed by atoms with Crippen molar-refractivity contribution in [1.82, 2.24) is 4.98 Å². The number of thioether (sulfide) groups is 1. The van der Waals surface area contributed by atoms with Gasteiger partial charge in [-0.05, 0) is 12.2 Å². The van der Waals surface area contributed by atoms with Gasteiger partial charge in [-0.1, -0.05) is 18.3 Å². The monoisotopic (exact) mass is 244 g/mol. The summed E-state index contributed by atoms with van der Waals surface area (Å²) in [4.78, 5) is 15.0. The fraction of sp³-hybridized carbons (Fsp3) is 0.556. The molecule has 0 saturated carbocycles.